The highest BCUT2D eigenvalue weighted by Gasteiger charge is 2.20. The third-order valence-electron chi connectivity index (χ3n) is 2.39. The van der Waals surface area contributed by atoms with E-state index in [4.69, 9.17) is 5.73 Å². The topological polar surface area (TPSA) is 43.1 Å². The molecular weight excluding hydrogens is 200 g/mol. The van der Waals surface area contributed by atoms with E-state index in [1.54, 1.807) is 6.08 Å². The molecule has 1 aromatic rings. The van der Waals surface area contributed by atoms with Gasteiger partial charge in [-0.3, -0.25) is 4.79 Å². The maximum atomic E-state index is 13.4. The summed E-state index contributed by atoms with van der Waals surface area (Å²) in [6, 6.07) is 2.10. The Kier molecular flexibility index (Phi) is 2.26. The molecule has 0 atom stereocenters. The van der Waals surface area contributed by atoms with Crippen molar-refractivity contribution >= 4 is 11.5 Å². The van der Waals surface area contributed by atoms with Crippen LogP contribution in [-0.4, -0.2) is 5.91 Å². The molecular formula is C11H9F2NO. The molecule has 0 heterocycles. The predicted octanol–water partition coefficient (Wildman–Crippen LogP) is 1.78. The van der Waals surface area contributed by atoms with Gasteiger partial charge in [0.1, 0.15) is 11.6 Å². The Morgan fingerprint density at radius 2 is 2.13 bits per heavy atom. The second kappa shape index (κ2) is 3.46. The summed E-state index contributed by atoms with van der Waals surface area (Å²) in [5.41, 5.74) is 6.49. The number of rotatable bonds is 2. The molecule has 0 aromatic heterocycles. The van der Waals surface area contributed by atoms with E-state index in [2.05, 4.69) is 0 Å². The number of hydrogen-bond donors (Lipinski definition) is 1. The van der Waals surface area contributed by atoms with Crippen LogP contribution >= 0.6 is 0 Å². The Balaban J connectivity index is 2.43. The lowest BCUT2D eigenvalue weighted by Gasteiger charge is -2.05. The summed E-state index contributed by atoms with van der Waals surface area (Å²) in [7, 11) is 0. The largest absolute Gasteiger partial charge is 0.369 e. The van der Waals surface area contributed by atoms with E-state index in [0.29, 0.717) is 23.1 Å². The van der Waals surface area contributed by atoms with Crippen LogP contribution in [0.4, 0.5) is 8.78 Å². The summed E-state index contributed by atoms with van der Waals surface area (Å²) in [6.07, 6.45) is 2.15. The first-order valence-corrected chi connectivity index (χ1v) is 4.53. The summed E-state index contributed by atoms with van der Waals surface area (Å²) in [5.74, 6) is -1.74. The minimum atomic E-state index is -0.630. The minimum Gasteiger partial charge on any atom is -0.369 e. The predicted molar refractivity (Wildman–Crippen MR) is 51.9 cm³/mol. The molecule has 0 radical (unpaired) electrons. The van der Waals surface area contributed by atoms with E-state index in [-0.39, 0.29) is 6.42 Å². The first-order chi connectivity index (χ1) is 7.08. The number of halogens is 2. The number of allylic oxidation sites excluding steroid dienone is 1. The van der Waals surface area contributed by atoms with Crippen molar-refractivity contribution in [2.75, 3.05) is 0 Å². The smallest absolute Gasteiger partial charge is 0.221 e. The molecule has 78 valence electrons. The number of fused-ring (bicyclic) bond motifs is 1. The van der Waals surface area contributed by atoms with Crippen LogP contribution < -0.4 is 5.73 Å². The monoisotopic (exact) mass is 209 g/mol. The van der Waals surface area contributed by atoms with Crippen LogP contribution in [0.3, 0.4) is 0 Å². The fourth-order valence-electron chi connectivity index (χ4n) is 1.83. The molecule has 1 amide bonds. The molecule has 2 N–H and O–H groups in total. The zero-order valence-electron chi connectivity index (χ0n) is 7.89. The number of hydrogen-bond acceptors (Lipinski definition) is 1. The Labute approximate surface area is 85.4 Å². The number of carbonyl (C=O) groups is 1. The van der Waals surface area contributed by atoms with Crippen LogP contribution in [0.2, 0.25) is 0 Å². The lowest BCUT2D eigenvalue weighted by Crippen LogP contribution is -2.10. The molecule has 4 heteroatoms. The second-order valence-corrected chi connectivity index (χ2v) is 3.50. The highest BCUT2D eigenvalue weighted by molar-refractivity contribution is 5.89. The molecule has 0 saturated heterocycles. The van der Waals surface area contributed by atoms with Crippen molar-refractivity contribution in [3.8, 4) is 0 Å². The Bertz CT molecular complexity index is 466. The second-order valence-electron chi connectivity index (χ2n) is 3.50. The van der Waals surface area contributed by atoms with Gasteiger partial charge in [-0.05, 0) is 23.6 Å². The molecule has 0 unspecified atom stereocenters. The van der Waals surface area contributed by atoms with Gasteiger partial charge in [-0.2, -0.15) is 0 Å². The number of carbonyl (C=O) groups excluding carboxylic acids is 1. The van der Waals surface area contributed by atoms with Crippen LogP contribution in [0.5, 0.6) is 0 Å². The van der Waals surface area contributed by atoms with Crippen molar-refractivity contribution in [3.63, 3.8) is 0 Å². The van der Waals surface area contributed by atoms with Crippen LogP contribution in [0.1, 0.15) is 17.5 Å². The molecule has 0 saturated carbocycles. The number of benzene rings is 1. The molecule has 15 heavy (non-hydrogen) atoms. The first-order valence-electron chi connectivity index (χ1n) is 4.53. The Hall–Kier alpha value is -1.71. The van der Waals surface area contributed by atoms with Crippen molar-refractivity contribution in [2.45, 2.75) is 12.8 Å². The average molecular weight is 209 g/mol. The Morgan fingerprint density at radius 1 is 1.40 bits per heavy atom. The standard InChI is InChI=1S/C11H9F2NO/c12-8-3-6-1-2-7(4-10(14)15)11(6)9(13)5-8/h2-3,5H,1,4H2,(H2,14,15). The molecule has 0 bridgehead atoms. The van der Waals surface area contributed by atoms with E-state index in [9.17, 15) is 13.6 Å². The van der Waals surface area contributed by atoms with Crippen molar-refractivity contribution < 1.29 is 13.6 Å². The molecule has 1 aromatic carbocycles. The van der Waals surface area contributed by atoms with Gasteiger partial charge in [-0.25, -0.2) is 8.78 Å². The zero-order chi connectivity index (χ0) is 11.0. The quantitative estimate of drug-likeness (QED) is 0.792. The van der Waals surface area contributed by atoms with Crippen LogP contribution in [0, 0.1) is 11.6 Å². The average Bonchev–Trinajstić information content (AvgIpc) is 2.46. The fourth-order valence-corrected chi connectivity index (χ4v) is 1.83. The van der Waals surface area contributed by atoms with Gasteiger partial charge in [0.05, 0.1) is 6.42 Å². The first kappa shape index (κ1) is 9.83. The van der Waals surface area contributed by atoms with Gasteiger partial charge < -0.3 is 5.73 Å². The summed E-state index contributed by atoms with van der Waals surface area (Å²) in [4.78, 5) is 10.7. The van der Waals surface area contributed by atoms with Crippen LogP contribution in [-0.2, 0) is 11.2 Å². The van der Waals surface area contributed by atoms with E-state index in [0.717, 1.165) is 6.07 Å². The summed E-state index contributed by atoms with van der Waals surface area (Å²) in [6.45, 7) is 0. The highest BCUT2D eigenvalue weighted by atomic mass is 19.1. The number of amides is 1. The van der Waals surface area contributed by atoms with Gasteiger partial charge in [0.2, 0.25) is 5.91 Å². The molecule has 1 aliphatic rings. The lowest BCUT2D eigenvalue weighted by atomic mass is 10.0. The summed E-state index contributed by atoms with van der Waals surface area (Å²) in [5, 5.41) is 0. The lowest BCUT2D eigenvalue weighted by molar-refractivity contribution is -0.117. The SMILES string of the molecule is NC(=O)CC1=CCc2cc(F)cc(F)c21. The van der Waals surface area contributed by atoms with Gasteiger partial charge in [-0.1, -0.05) is 6.08 Å². The third kappa shape index (κ3) is 1.75. The van der Waals surface area contributed by atoms with Gasteiger partial charge in [0, 0.05) is 11.6 Å². The van der Waals surface area contributed by atoms with E-state index in [1.165, 1.54) is 6.07 Å². The summed E-state index contributed by atoms with van der Waals surface area (Å²) >= 11 is 0. The maximum absolute atomic E-state index is 13.4. The minimum absolute atomic E-state index is 0.00441. The molecule has 0 fully saturated rings. The van der Waals surface area contributed by atoms with Crippen molar-refractivity contribution in [1.82, 2.24) is 0 Å². The maximum Gasteiger partial charge on any atom is 0.221 e. The molecule has 0 spiro atoms. The van der Waals surface area contributed by atoms with E-state index >= 15 is 0 Å². The van der Waals surface area contributed by atoms with Gasteiger partial charge in [0.25, 0.3) is 0 Å². The van der Waals surface area contributed by atoms with Crippen molar-refractivity contribution in [1.29, 1.82) is 0 Å². The number of nitrogens with two attached hydrogens (primary N) is 1. The Morgan fingerprint density at radius 3 is 2.80 bits per heavy atom. The highest BCUT2D eigenvalue weighted by Crippen LogP contribution is 2.32. The zero-order valence-corrected chi connectivity index (χ0v) is 7.89. The van der Waals surface area contributed by atoms with Crippen LogP contribution in [0.25, 0.3) is 5.57 Å². The van der Waals surface area contributed by atoms with Crippen molar-refractivity contribution in [3.05, 3.63) is 41.0 Å². The molecule has 0 aliphatic heterocycles. The van der Waals surface area contributed by atoms with Gasteiger partial charge in [0.15, 0.2) is 0 Å². The number of primary amides is 1. The molecule has 1 aliphatic carbocycles. The third-order valence-corrected chi connectivity index (χ3v) is 2.39. The summed E-state index contributed by atoms with van der Waals surface area (Å²) < 4.78 is 26.3. The van der Waals surface area contributed by atoms with Gasteiger partial charge >= 0.3 is 0 Å². The molecule has 2 nitrogen and oxygen atoms in total. The van der Waals surface area contributed by atoms with E-state index < -0.39 is 17.5 Å². The van der Waals surface area contributed by atoms with Crippen molar-refractivity contribution in [2.24, 2.45) is 5.73 Å². The van der Waals surface area contributed by atoms with Crippen LogP contribution in [0.15, 0.2) is 18.2 Å². The molecule has 2 rings (SSSR count). The normalized spacial score (nSPS) is 13.6. The van der Waals surface area contributed by atoms with Gasteiger partial charge in [-0.15, -0.1) is 0 Å². The fraction of sp³-hybridized carbons (Fsp3) is 0.182. The van der Waals surface area contributed by atoms with E-state index in [1.807, 2.05) is 0 Å².